The number of benzene rings is 1. The van der Waals surface area contributed by atoms with Gasteiger partial charge in [0.2, 0.25) is 0 Å². The fourth-order valence-electron chi connectivity index (χ4n) is 2.65. The van der Waals surface area contributed by atoms with Crippen molar-refractivity contribution in [3.05, 3.63) is 47.5 Å². The molecule has 3 nitrogen and oxygen atoms in total. The maximum Gasteiger partial charge on any atom is 0.148 e. The van der Waals surface area contributed by atoms with E-state index >= 15 is 0 Å². The van der Waals surface area contributed by atoms with Gasteiger partial charge in [-0.15, -0.1) is 0 Å². The van der Waals surface area contributed by atoms with Gasteiger partial charge in [-0.05, 0) is 18.9 Å². The number of halogens is 1. The molecule has 0 aliphatic heterocycles. The molecular formula is C15H16ClN3. The minimum absolute atomic E-state index is 0.334. The van der Waals surface area contributed by atoms with E-state index in [0.717, 1.165) is 42.6 Å². The van der Waals surface area contributed by atoms with E-state index < -0.39 is 0 Å². The predicted octanol–water partition coefficient (Wildman–Crippen LogP) is 3.53. The van der Waals surface area contributed by atoms with Gasteiger partial charge in [0.15, 0.2) is 0 Å². The van der Waals surface area contributed by atoms with Gasteiger partial charge in [-0.3, -0.25) is 0 Å². The van der Waals surface area contributed by atoms with Crippen LogP contribution in [0.2, 0.25) is 5.02 Å². The van der Waals surface area contributed by atoms with Crippen molar-refractivity contribution in [2.75, 3.05) is 0 Å². The molecule has 3 rings (SSSR count). The van der Waals surface area contributed by atoms with Gasteiger partial charge in [0.05, 0.1) is 5.54 Å². The number of nitrogens with two attached hydrogens (primary N) is 1. The summed E-state index contributed by atoms with van der Waals surface area (Å²) in [4.78, 5) is 8.91. The van der Waals surface area contributed by atoms with Crippen molar-refractivity contribution in [3.63, 3.8) is 0 Å². The van der Waals surface area contributed by atoms with E-state index in [9.17, 15) is 0 Å². The number of rotatable bonds is 2. The summed E-state index contributed by atoms with van der Waals surface area (Å²) in [6, 6.07) is 7.70. The zero-order chi connectivity index (χ0) is 13.3. The maximum atomic E-state index is 6.35. The van der Waals surface area contributed by atoms with Crippen molar-refractivity contribution in [1.82, 2.24) is 9.97 Å². The van der Waals surface area contributed by atoms with E-state index in [2.05, 4.69) is 9.97 Å². The molecule has 0 spiro atoms. The second-order valence-electron chi connectivity index (χ2n) is 5.14. The Balaban J connectivity index is 1.93. The Morgan fingerprint density at radius 1 is 1.05 bits per heavy atom. The molecule has 1 aliphatic carbocycles. The summed E-state index contributed by atoms with van der Waals surface area (Å²) >= 11 is 6.17. The highest BCUT2D eigenvalue weighted by atomic mass is 35.5. The van der Waals surface area contributed by atoms with Crippen LogP contribution in [0, 0.1) is 0 Å². The smallest absolute Gasteiger partial charge is 0.148 e. The molecule has 1 aromatic carbocycles. The van der Waals surface area contributed by atoms with Crippen LogP contribution in [0.1, 0.15) is 31.5 Å². The number of aromatic nitrogens is 2. The number of nitrogens with zero attached hydrogens (tertiary/aromatic N) is 2. The molecule has 0 bridgehead atoms. The van der Waals surface area contributed by atoms with E-state index in [1.165, 1.54) is 0 Å². The van der Waals surface area contributed by atoms with Crippen LogP contribution in [0.15, 0.2) is 36.7 Å². The number of hydrogen-bond donors (Lipinski definition) is 1. The molecule has 0 unspecified atom stereocenters. The summed E-state index contributed by atoms with van der Waals surface area (Å²) in [5, 5.41) is 0.710. The lowest BCUT2D eigenvalue weighted by Crippen LogP contribution is -2.35. The third kappa shape index (κ3) is 2.36. The van der Waals surface area contributed by atoms with Crippen LogP contribution in [-0.4, -0.2) is 9.97 Å². The lowest BCUT2D eigenvalue weighted by atomic mass is 9.98. The molecule has 0 atom stereocenters. The van der Waals surface area contributed by atoms with Crippen molar-refractivity contribution in [2.24, 2.45) is 5.73 Å². The first-order chi connectivity index (χ1) is 9.19. The third-order valence-electron chi connectivity index (χ3n) is 3.78. The molecule has 1 fully saturated rings. The molecule has 0 radical (unpaired) electrons. The molecule has 4 heteroatoms. The van der Waals surface area contributed by atoms with E-state index in [1.807, 2.05) is 36.7 Å². The lowest BCUT2D eigenvalue weighted by molar-refractivity contribution is 0.431. The minimum Gasteiger partial charge on any atom is -0.319 e. The summed E-state index contributed by atoms with van der Waals surface area (Å²) < 4.78 is 0. The molecular weight excluding hydrogens is 258 g/mol. The second-order valence-corrected chi connectivity index (χ2v) is 5.55. The second kappa shape index (κ2) is 4.91. The van der Waals surface area contributed by atoms with Crippen LogP contribution in [0.25, 0.3) is 11.1 Å². The first-order valence-electron chi connectivity index (χ1n) is 6.55. The molecule has 1 heterocycles. The Hall–Kier alpha value is -1.45. The minimum atomic E-state index is -0.334. The molecule has 19 heavy (non-hydrogen) atoms. The first kappa shape index (κ1) is 12.6. The Kier molecular flexibility index (Phi) is 3.25. The van der Waals surface area contributed by atoms with Crippen molar-refractivity contribution < 1.29 is 0 Å². The highest BCUT2D eigenvalue weighted by molar-refractivity contribution is 6.33. The highest BCUT2D eigenvalue weighted by Gasteiger charge is 2.33. The molecule has 0 amide bonds. The molecule has 1 aliphatic rings. The molecule has 1 aromatic heterocycles. The van der Waals surface area contributed by atoms with Crippen LogP contribution in [-0.2, 0) is 5.54 Å². The van der Waals surface area contributed by atoms with Crippen molar-refractivity contribution >= 4 is 11.6 Å². The molecule has 2 aromatic rings. The van der Waals surface area contributed by atoms with Gasteiger partial charge in [-0.1, -0.05) is 42.6 Å². The average Bonchev–Trinajstić information content (AvgIpc) is 2.88. The van der Waals surface area contributed by atoms with Crippen LogP contribution in [0.3, 0.4) is 0 Å². The fraction of sp³-hybridized carbons (Fsp3) is 0.333. The SMILES string of the molecule is NC1(c2ncc(-c3ccccc3Cl)cn2)CCCC1. The first-order valence-corrected chi connectivity index (χ1v) is 6.93. The van der Waals surface area contributed by atoms with E-state index in [0.29, 0.717) is 5.02 Å². The van der Waals surface area contributed by atoms with E-state index in [4.69, 9.17) is 17.3 Å². The normalized spacial score (nSPS) is 17.6. The van der Waals surface area contributed by atoms with E-state index in [1.54, 1.807) is 0 Å². The largest absolute Gasteiger partial charge is 0.319 e. The average molecular weight is 274 g/mol. The third-order valence-corrected chi connectivity index (χ3v) is 4.11. The van der Waals surface area contributed by atoms with Crippen LogP contribution in [0.4, 0.5) is 0 Å². The Bertz CT molecular complexity index is 574. The van der Waals surface area contributed by atoms with Crippen LogP contribution in [0.5, 0.6) is 0 Å². The summed E-state index contributed by atoms with van der Waals surface area (Å²) in [6.45, 7) is 0. The summed E-state index contributed by atoms with van der Waals surface area (Å²) in [7, 11) is 0. The summed E-state index contributed by atoms with van der Waals surface area (Å²) in [5.74, 6) is 0.751. The van der Waals surface area contributed by atoms with Crippen molar-refractivity contribution in [2.45, 2.75) is 31.2 Å². The fourth-order valence-corrected chi connectivity index (χ4v) is 2.89. The number of hydrogen-bond acceptors (Lipinski definition) is 3. The van der Waals surface area contributed by atoms with Gasteiger partial charge in [-0.2, -0.15) is 0 Å². The monoisotopic (exact) mass is 273 g/mol. The lowest BCUT2D eigenvalue weighted by Gasteiger charge is -2.21. The summed E-state index contributed by atoms with van der Waals surface area (Å²) in [6.07, 6.45) is 7.89. The summed E-state index contributed by atoms with van der Waals surface area (Å²) in [5.41, 5.74) is 7.89. The van der Waals surface area contributed by atoms with Crippen molar-refractivity contribution in [1.29, 1.82) is 0 Å². The van der Waals surface area contributed by atoms with Gasteiger partial charge in [-0.25, -0.2) is 9.97 Å². The van der Waals surface area contributed by atoms with Gasteiger partial charge in [0.1, 0.15) is 5.82 Å². The Morgan fingerprint density at radius 2 is 1.68 bits per heavy atom. The van der Waals surface area contributed by atoms with E-state index in [-0.39, 0.29) is 5.54 Å². The van der Waals surface area contributed by atoms with Gasteiger partial charge in [0, 0.05) is 28.5 Å². The molecule has 1 saturated carbocycles. The highest BCUT2D eigenvalue weighted by Crippen LogP contribution is 2.35. The van der Waals surface area contributed by atoms with Crippen molar-refractivity contribution in [3.8, 4) is 11.1 Å². The quantitative estimate of drug-likeness (QED) is 0.911. The molecule has 2 N–H and O–H groups in total. The van der Waals surface area contributed by atoms with Gasteiger partial charge < -0.3 is 5.73 Å². The van der Waals surface area contributed by atoms with Gasteiger partial charge in [0.25, 0.3) is 0 Å². The Labute approximate surface area is 117 Å². The standard InChI is InChI=1S/C15H16ClN3/c16-13-6-2-1-5-12(13)11-9-18-14(19-10-11)15(17)7-3-4-8-15/h1-2,5-6,9-10H,3-4,7-8,17H2. The predicted molar refractivity (Wildman–Crippen MR) is 76.8 cm³/mol. The Morgan fingerprint density at radius 3 is 2.32 bits per heavy atom. The molecule has 98 valence electrons. The molecule has 0 saturated heterocycles. The van der Waals surface area contributed by atoms with Crippen LogP contribution >= 0.6 is 11.6 Å². The zero-order valence-corrected chi connectivity index (χ0v) is 11.4. The van der Waals surface area contributed by atoms with Crippen LogP contribution < -0.4 is 5.73 Å². The van der Waals surface area contributed by atoms with Gasteiger partial charge >= 0.3 is 0 Å². The topological polar surface area (TPSA) is 51.8 Å². The zero-order valence-electron chi connectivity index (χ0n) is 10.6. The maximum absolute atomic E-state index is 6.35.